The standard InChI is InChI=1S/C20H37N5OS/c1-3-21-19(23-16-20(2)8-5-15-27-20)22-9-10-24-11-13-25(14-12-24)18(26)17-6-4-7-17/h17H,3-16H2,1-2H3,(H2,21,22,23). The molecule has 2 aliphatic heterocycles. The van der Waals surface area contributed by atoms with Gasteiger partial charge in [-0.05, 0) is 45.3 Å². The lowest BCUT2D eigenvalue weighted by Gasteiger charge is -2.38. The Bertz CT molecular complexity index is 509. The van der Waals surface area contributed by atoms with Gasteiger partial charge in [-0.2, -0.15) is 11.8 Å². The SMILES string of the molecule is CCNC(=NCC1(C)CCCS1)NCCN1CCN(C(=O)C2CCC2)CC1. The molecule has 2 heterocycles. The average molecular weight is 396 g/mol. The lowest BCUT2D eigenvalue weighted by Crippen LogP contribution is -2.52. The Morgan fingerprint density at radius 2 is 1.96 bits per heavy atom. The molecule has 154 valence electrons. The molecule has 2 saturated heterocycles. The highest BCUT2D eigenvalue weighted by Gasteiger charge is 2.31. The van der Waals surface area contributed by atoms with Crippen molar-refractivity contribution in [3.05, 3.63) is 0 Å². The first-order chi connectivity index (χ1) is 13.1. The first kappa shape index (κ1) is 20.8. The fourth-order valence-electron chi connectivity index (χ4n) is 3.99. The van der Waals surface area contributed by atoms with Crippen LogP contribution in [0.1, 0.15) is 46.0 Å². The highest BCUT2D eigenvalue weighted by molar-refractivity contribution is 8.00. The third-order valence-electron chi connectivity index (χ3n) is 6.08. The van der Waals surface area contributed by atoms with Crippen LogP contribution in [-0.4, -0.2) is 84.5 Å². The van der Waals surface area contributed by atoms with E-state index in [0.29, 0.717) is 16.6 Å². The van der Waals surface area contributed by atoms with Crippen molar-refractivity contribution in [1.82, 2.24) is 20.4 Å². The second-order valence-electron chi connectivity index (χ2n) is 8.32. The number of aliphatic imine (C=N–C) groups is 1. The van der Waals surface area contributed by atoms with Gasteiger partial charge in [0, 0.05) is 56.5 Å². The number of hydrogen-bond acceptors (Lipinski definition) is 4. The molecule has 1 saturated carbocycles. The summed E-state index contributed by atoms with van der Waals surface area (Å²) >= 11 is 2.06. The van der Waals surface area contributed by atoms with Crippen LogP contribution in [-0.2, 0) is 4.79 Å². The summed E-state index contributed by atoms with van der Waals surface area (Å²) in [5, 5.41) is 6.85. The van der Waals surface area contributed by atoms with Gasteiger partial charge in [0.1, 0.15) is 0 Å². The first-order valence-corrected chi connectivity index (χ1v) is 11.8. The Morgan fingerprint density at radius 3 is 2.56 bits per heavy atom. The van der Waals surface area contributed by atoms with Crippen molar-refractivity contribution >= 4 is 23.6 Å². The smallest absolute Gasteiger partial charge is 0.225 e. The first-order valence-electron chi connectivity index (χ1n) is 10.8. The van der Waals surface area contributed by atoms with Crippen molar-refractivity contribution in [3.8, 4) is 0 Å². The van der Waals surface area contributed by atoms with Crippen LogP contribution in [0.15, 0.2) is 4.99 Å². The van der Waals surface area contributed by atoms with Crippen LogP contribution in [0.3, 0.4) is 0 Å². The van der Waals surface area contributed by atoms with E-state index in [9.17, 15) is 4.79 Å². The van der Waals surface area contributed by atoms with Gasteiger partial charge in [0.25, 0.3) is 0 Å². The molecule has 1 aliphatic carbocycles. The van der Waals surface area contributed by atoms with Crippen molar-refractivity contribution < 1.29 is 4.79 Å². The van der Waals surface area contributed by atoms with E-state index in [0.717, 1.165) is 71.2 Å². The lowest BCUT2D eigenvalue weighted by molar-refractivity contribution is -0.139. The Hall–Kier alpha value is -0.950. The second kappa shape index (κ2) is 10.0. The molecule has 0 aromatic rings. The van der Waals surface area contributed by atoms with Crippen LogP contribution in [0, 0.1) is 5.92 Å². The minimum absolute atomic E-state index is 0.311. The van der Waals surface area contributed by atoms with Gasteiger partial charge in [-0.15, -0.1) is 0 Å². The van der Waals surface area contributed by atoms with E-state index < -0.39 is 0 Å². The maximum absolute atomic E-state index is 12.3. The third-order valence-corrected chi connectivity index (χ3v) is 7.60. The molecule has 27 heavy (non-hydrogen) atoms. The van der Waals surface area contributed by atoms with Crippen molar-refractivity contribution in [2.45, 2.75) is 50.7 Å². The number of hydrogen-bond donors (Lipinski definition) is 2. The Morgan fingerprint density at radius 1 is 1.19 bits per heavy atom. The molecular formula is C20H37N5OS. The normalized spacial score (nSPS) is 27.5. The molecule has 3 rings (SSSR count). The minimum Gasteiger partial charge on any atom is -0.357 e. The highest BCUT2D eigenvalue weighted by Crippen LogP contribution is 2.37. The van der Waals surface area contributed by atoms with E-state index in [-0.39, 0.29) is 0 Å². The van der Waals surface area contributed by atoms with Crippen LogP contribution in [0.4, 0.5) is 0 Å². The molecule has 2 N–H and O–H groups in total. The van der Waals surface area contributed by atoms with Gasteiger partial charge < -0.3 is 15.5 Å². The maximum Gasteiger partial charge on any atom is 0.225 e. The molecule has 0 radical (unpaired) electrons. The van der Waals surface area contributed by atoms with Gasteiger partial charge in [0.05, 0.1) is 6.54 Å². The van der Waals surface area contributed by atoms with Gasteiger partial charge in [-0.25, -0.2) is 0 Å². The molecule has 7 heteroatoms. The van der Waals surface area contributed by atoms with Crippen molar-refractivity contribution in [1.29, 1.82) is 0 Å². The van der Waals surface area contributed by atoms with E-state index in [2.05, 4.69) is 46.0 Å². The summed E-state index contributed by atoms with van der Waals surface area (Å²) < 4.78 is 0.311. The largest absolute Gasteiger partial charge is 0.357 e. The van der Waals surface area contributed by atoms with Crippen LogP contribution in [0.25, 0.3) is 0 Å². The lowest BCUT2D eigenvalue weighted by atomic mass is 9.84. The number of rotatable bonds is 7. The fraction of sp³-hybridized carbons (Fsp3) is 0.900. The third kappa shape index (κ3) is 6.01. The molecule has 1 atom stereocenters. The fourth-order valence-corrected chi connectivity index (χ4v) is 5.21. The Kier molecular flexibility index (Phi) is 7.70. The monoisotopic (exact) mass is 395 g/mol. The van der Waals surface area contributed by atoms with E-state index >= 15 is 0 Å². The molecule has 6 nitrogen and oxygen atoms in total. The van der Waals surface area contributed by atoms with Gasteiger partial charge >= 0.3 is 0 Å². The van der Waals surface area contributed by atoms with E-state index in [1.165, 1.54) is 25.0 Å². The summed E-state index contributed by atoms with van der Waals surface area (Å²) in [7, 11) is 0. The molecule has 0 aromatic carbocycles. The summed E-state index contributed by atoms with van der Waals surface area (Å²) in [4.78, 5) is 21.7. The Balaban J connectivity index is 1.35. The van der Waals surface area contributed by atoms with Gasteiger partial charge in [-0.1, -0.05) is 6.42 Å². The topological polar surface area (TPSA) is 60.0 Å². The molecule has 3 aliphatic rings. The molecule has 1 amide bonds. The van der Waals surface area contributed by atoms with E-state index in [1.54, 1.807) is 0 Å². The van der Waals surface area contributed by atoms with Crippen LogP contribution in [0.2, 0.25) is 0 Å². The summed E-state index contributed by atoms with van der Waals surface area (Å²) in [6.45, 7) is 11.9. The maximum atomic E-state index is 12.3. The van der Waals surface area contributed by atoms with Crippen molar-refractivity contribution in [3.63, 3.8) is 0 Å². The predicted molar refractivity (Wildman–Crippen MR) is 114 cm³/mol. The number of amides is 1. The van der Waals surface area contributed by atoms with Gasteiger partial charge in [0.15, 0.2) is 5.96 Å². The summed E-state index contributed by atoms with van der Waals surface area (Å²) in [5.41, 5.74) is 0. The van der Waals surface area contributed by atoms with E-state index in [1.807, 2.05) is 0 Å². The minimum atomic E-state index is 0.311. The zero-order chi connectivity index (χ0) is 19.1. The van der Waals surface area contributed by atoms with Crippen LogP contribution >= 0.6 is 11.8 Å². The zero-order valence-corrected chi connectivity index (χ0v) is 18.0. The number of guanidine groups is 1. The number of carbonyl (C=O) groups is 1. The number of thioether (sulfide) groups is 1. The zero-order valence-electron chi connectivity index (χ0n) is 17.1. The molecule has 0 spiro atoms. The van der Waals surface area contributed by atoms with Gasteiger partial charge in [-0.3, -0.25) is 14.7 Å². The van der Waals surface area contributed by atoms with Crippen molar-refractivity contribution in [2.24, 2.45) is 10.9 Å². The summed E-state index contributed by atoms with van der Waals surface area (Å²) in [6, 6.07) is 0. The van der Waals surface area contributed by atoms with Crippen LogP contribution < -0.4 is 10.6 Å². The quantitative estimate of drug-likeness (QED) is 0.508. The number of piperazine rings is 1. The second-order valence-corrected chi connectivity index (χ2v) is 10.0. The molecule has 1 unspecified atom stereocenters. The highest BCUT2D eigenvalue weighted by atomic mass is 32.2. The summed E-state index contributed by atoms with van der Waals surface area (Å²) in [5.74, 6) is 2.94. The number of nitrogens with one attached hydrogen (secondary N) is 2. The molecular weight excluding hydrogens is 358 g/mol. The predicted octanol–water partition coefficient (Wildman–Crippen LogP) is 1.77. The van der Waals surface area contributed by atoms with E-state index in [4.69, 9.17) is 4.99 Å². The number of nitrogens with zero attached hydrogens (tertiary/aromatic N) is 3. The molecule has 0 aromatic heterocycles. The molecule has 3 fully saturated rings. The number of carbonyl (C=O) groups excluding carboxylic acids is 1. The van der Waals surface area contributed by atoms with Gasteiger partial charge in [0.2, 0.25) is 5.91 Å². The van der Waals surface area contributed by atoms with Crippen LogP contribution in [0.5, 0.6) is 0 Å². The van der Waals surface area contributed by atoms with Crippen molar-refractivity contribution in [2.75, 3.05) is 58.1 Å². The summed E-state index contributed by atoms with van der Waals surface area (Å²) in [6.07, 6.45) is 6.02. The average Bonchev–Trinajstić information content (AvgIpc) is 3.06. The Labute approximate surface area is 168 Å². The molecule has 0 bridgehead atoms.